The Morgan fingerprint density at radius 3 is 2.65 bits per heavy atom. The average molecular weight is 488 g/mol. The molecular formula is C23H25N3O7S. The third-order valence-corrected chi connectivity index (χ3v) is 8.36. The fourth-order valence-corrected chi connectivity index (χ4v) is 6.72. The van der Waals surface area contributed by atoms with Gasteiger partial charge in [0.25, 0.3) is 11.5 Å². The molecule has 0 radical (unpaired) electrons. The summed E-state index contributed by atoms with van der Waals surface area (Å²) in [7, 11) is -3.16. The molecule has 180 valence electrons. The Bertz CT molecular complexity index is 1420. The van der Waals surface area contributed by atoms with Crippen molar-refractivity contribution in [3.8, 4) is 0 Å². The monoisotopic (exact) mass is 487 g/mol. The van der Waals surface area contributed by atoms with Gasteiger partial charge in [0.05, 0.1) is 17.8 Å². The second-order valence-corrected chi connectivity index (χ2v) is 11.1. The highest BCUT2D eigenvalue weighted by molar-refractivity contribution is 7.91. The minimum Gasteiger partial charge on any atom is -0.454 e. The van der Waals surface area contributed by atoms with Crippen LogP contribution in [0.1, 0.15) is 32.1 Å². The predicted molar refractivity (Wildman–Crippen MR) is 123 cm³/mol. The average Bonchev–Trinajstić information content (AvgIpc) is 3.54. The second kappa shape index (κ2) is 8.86. The predicted octanol–water partition coefficient (Wildman–Crippen LogP) is 1.64. The topological polar surface area (TPSA) is 129 Å². The molecule has 1 atom stereocenters. The van der Waals surface area contributed by atoms with Crippen molar-refractivity contribution in [1.82, 2.24) is 14.5 Å². The van der Waals surface area contributed by atoms with Crippen molar-refractivity contribution in [3.63, 3.8) is 0 Å². The SMILES string of the molecule is O=C(Cn1cnc2c(oc3ccccc32)c1=O)OCC(=O)N(C1CCCC1)[C@@H]1CCS(=O)(=O)C1. The molecular weight excluding hydrogens is 462 g/mol. The van der Waals surface area contributed by atoms with Crippen molar-refractivity contribution >= 4 is 43.8 Å². The Labute approximate surface area is 195 Å². The fraction of sp³-hybridized carbons (Fsp3) is 0.478. The molecule has 0 unspecified atom stereocenters. The number of hydrogen-bond acceptors (Lipinski definition) is 8. The molecule has 1 saturated carbocycles. The first-order valence-corrected chi connectivity index (χ1v) is 13.2. The minimum atomic E-state index is -3.16. The highest BCUT2D eigenvalue weighted by Crippen LogP contribution is 2.29. The van der Waals surface area contributed by atoms with Gasteiger partial charge < -0.3 is 14.1 Å². The van der Waals surface area contributed by atoms with Crippen LogP contribution >= 0.6 is 0 Å². The second-order valence-electron chi connectivity index (χ2n) is 8.91. The highest BCUT2D eigenvalue weighted by Gasteiger charge is 2.39. The van der Waals surface area contributed by atoms with Crippen LogP contribution in [0.25, 0.3) is 22.1 Å². The standard InChI is InChI=1S/C23H25N3O7S/c27-19(26(15-5-1-2-6-15)16-9-10-34(30,31)13-16)12-32-20(28)11-25-14-24-21-17-7-3-4-8-18(17)33-22(21)23(25)29/h3-4,7-8,14-16H,1-2,5-6,9-13H2/t16-/m1/s1. The van der Waals surface area contributed by atoms with Crippen LogP contribution in [0.3, 0.4) is 0 Å². The van der Waals surface area contributed by atoms with Gasteiger partial charge in [0.1, 0.15) is 17.6 Å². The molecule has 2 aromatic heterocycles. The van der Waals surface area contributed by atoms with E-state index in [4.69, 9.17) is 9.15 Å². The number of benzene rings is 1. The first-order chi connectivity index (χ1) is 16.3. The summed E-state index contributed by atoms with van der Waals surface area (Å²) in [6.45, 7) is -0.922. The van der Waals surface area contributed by atoms with Crippen LogP contribution < -0.4 is 5.56 Å². The number of carbonyl (C=O) groups excluding carboxylic acids is 2. The minimum absolute atomic E-state index is 0.0354. The number of esters is 1. The number of amides is 1. The highest BCUT2D eigenvalue weighted by atomic mass is 32.2. The van der Waals surface area contributed by atoms with Crippen LogP contribution in [0.5, 0.6) is 0 Å². The van der Waals surface area contributed by atoms with E-state index in [1.165, 1.54) is 6.33 Å². The molecule has 1 saturated heterocycles. The number of aromatic nitrogens is 2. The molecule has 34 heavy (non-hydrogen) atoms. The van der Waals surface area contributed by atoms with Crippen molar-refractivity contribution < 1.29 is 27.2 Å². The largest absolute Gasteiger partial charge is 0.454 e. The van der Waals surface area contributed by atoms with Crippen molar-refractivity contribution in [2.24, 2.45) is 0 Å². The maximum Gasteiger partial charge on any atom is 0.326 e. The summed E-state index contributed by atoms with van der Waals surface area (Å²) in [6, 6.07) is 6.70. The molecule has 10 nitrogen and oxygen atoms in total. The number of sulfone groups is 1. The van der Waals surface area contributed by atoms with Gasteiger partial charge in [-0.3, -0.25) is 19.0 Å². The summed E-state index contributed by atoms with van der Waals surface area (Å²) in [4.78, 5) is 44.1. The first kappa shape index (κ1) is 22.6. The zero-order valence-electron chi connectivity index (χ0n) is 18.5. The Morgan fingerprint density at radius 2 is 1.91 bits per heavy atom. The van der Waals surface area contributed by atoms with Crippen LogP contribution in [-0.2, 0) is 30.7 Å². The summed E-state index contributed by atoms with van der Waals surface area (Å²) < 4.78 is 35.8. The van der Waals surface area contributed by atoms with Gasteiger partial charge in [0.15, 0.2) is 16.4 Å². The lowest BCUT2D eigenvalue weighted by molar-refractivity contribution is -0.154. The molecule has 1 aliphatic carbocycles. The van der Waals surface area contributed by atoms with Gasteiger partial charge in [-0.25, -0.2) is 13.4 Å². The normalized spacial score (nSPS) is 20.2. The maximum absolute atomic E-state index is 13.0. The van der Waals surface area contributed by atoms with Crippen LogP contribution in [-0.4, -0.2) is 64.9 Å². The number of ether oxygens (including phenoxy) is 1. The van der Waals surface area contributed by atoms with Gasteiger partial charge >= 0.3 is 5.97 Å². The lowest BCUT2D eigenvalue weighted by Crippen LogP contribution is -2.48. The van der Waals surface area contributed by atoms with Crippen LogP contribution in [0.15, 0.2) is 39.8 Å². The van der Waals surface area contributed by atoms with E-state index in [1.807, 2.05) is 6.07 Å². The molecule has 5 rings (SSSR count). The Balaban J connectivity index is 1.27. The lowest BCUT2D eigenvalue weighted by Gasteiger charge is -2.33. The summed E-state index contributed by atoms with van der Waals surface area (Å²) in [5.41, 5.74) is 0.462. The third kappa shape index (κ3) is 4.31. The molecule has 1 amide bonds. The molecule has 3 heterocycles. The molecule has 1 aliphatic heterocycles. The fourth-order valence-electron chi connectivity index (χ4n) is 5.01. The zero-order chi connectivity index (χ0) is 23.9. The summed E-state index contributed by atoms with van der Waals surface area (Å²) in [6.07, 6.45) is 5.24. The maximum atomic E-state index is 13.0. The van der Waals surface area contributed by atoms with Gasteiger partial charge in [-0.15, -0.1) is 0 Å². The quantitative estimate of drug-likeness (QED) is 0.480. The van der Waals surface area contributed by atoms with Gasteiger partial charge in [-0.2, -0.15) is 0 Å². The van der Waals surface area contributed by atoms with Gasteiger partial charge in [-0.1, -0.05) is 25.0 Å². The Morgan fingerprint density at radius 1 is 1.15 bits per heavy atom. The zero-order valence-corrected chi connectivity index (χ0v) is 19.3. The van der Waals surface area contributed by atoms with E-state index in [0.29, 0.717) is 22.9 Å². The molecule has 11 heteroatoms. The number of furan rings is 1. The van der Waals surface area contributed by atoms with E-state index >= 15 is 0 Å². The molecule has 0 spiro atoms. The first-order valence-electron chi connectivity index (χ1n) is 11.4. The van der Waals surface area contributed by atoms with E-state index in [-0.39, 0.29) is 29.2 Å². The summed E-state index contributed by atoms with van der Waals surface area (Å²) in [5, 5.41) is 0.704. The number of nitrogens with zero attached hydrogens (tertiary/aromatic N) is 3. The Kier molecular flexibility index (Phi) is 5.88. The number of para-hydroxylation sites is 1. The van der Waals surface area contributed by atoms with E-state index in [0.717, 1.165) is 30.3 Å². The molecule has 3 aromatic rings. The van der Waals surface area contributed by atoms with Crippen molar-refractivity contribution in [2.75, 3.05) is 18.1 Å². The molecule has 1 aromatic carbocycles. The van der Waals surface area contributed by atoms with Gasteiger partial charge in [0.2, 0.25) is 5.58 Å². The number of carbonyl (C=O) groups is 2. The number of rotatable bonds is 6. The van der Waals surface area contributed by atoms with Crippen molar-refractivity contribution in [1.29, 1.82) is 0 Å². The molecule has 2 fully saturated rings. The van der Waals surface area contributed by atoms with Crippen LogP contribution in [0.2, 0.25) is 0 Å². The smallest absolute Gasteiger partial charge is 0.326 e. The summed E-state index contributed by atoms with van der Waals surface area (Å²) in [5.74, 6) is -1.16. The van der Waals surface area contributed by atoms with Gasteiger partial charge in [0, 0.05) is 17.5 Å². The molecule has 0 N–H and O–H groups in total. The number of hydrogen-bond donors (Lipinski definition) is 0. The Hall–Kier alpha value is -3.21. The summed E-state index contributed by atoms with van der Waals surface area (Å²) >= 11 is 0. The van der Waals surface area contributed by atoms with Gasteiger partial charge in [-0.05, 0) is 31.4 Å². The number of fused-ring (bicyclic) bond motifs is 3. The van der Waals surface area contributed by atoms with Crippen molar-refractivity contribution in [3.05, 3.63) is 40.9 Å². The van der Waals surface area contributed by atoms with E-state index < -0.39 is 40.4 Å². The molecule has 2 aliphatic rings. The van der Waals surface area contributed by atoms with E-state index in [9.17, 15) is 22.8 Å². The van der Waals surface area contributed by atoms with Crippen LogP contribution in [0.4, 0.5) is 0 Å². The van der Waals surface area contributed by atoms with Crippen molar-refractivity contribution in [2.45, 2.75) is 50.7 Å². The van der Waals surface area contributed by atoms with E-state index in [1.54, 1.807) is 23.1 Å². The molecule has 0 bridgehead atoms. The lowest BCUT2D eigenvalue weighted by atomic mass is 10.1. The van der Waals surface area contributed by atoms with E-state index in [2.05, 4.69) is 4.98 Å². The third-order valence-electron chi connectivity index (χ3n) is 6.61. The van der Waals surface area contributed by atoms with Crippen LogP contribution in [0, 0.1) is 0 Å².